The highest BCUT2D eigenvalue weighted by molar-refractivity contribution is 5.92. The molecule has 5 aromatic carbocycles. The van der Waals surface area contributed by atoms with Gasteiger partial charge in [-0.15, -0.1) is 0 Å². The molecule has 5 aromatic rings. The van der Waals surface area contributed by atoms with Crippen molar-refractivity contribution in [3.05, 3.63) is 169 Å². The molecule has 47 heavy (non-hydrogen) atoms. The maximum atomic E-state index is 13.7. The molecule has 0 spiro atoms. The fourth-order valence-electron chi connectivity index (χ4n) is 7.15. The molecule has 0 fully saturated rings. The Bertz CT molecular complexity index is 2040. The van der Waals surface area contributed by atoms with Gasteiger partial charge in [0.2, 0.25) is 0 Å². The summed E-state index contributed by atoms with van der Waals surface area (Å²) in [5.74, 6) is -0.515. The van der Waals surface area contributed by atoms with Gasteiger partial charge in [-0.05, 0) is 91.8 Å². The number of hydrogen-bond donors (Lipinski definition) is 0. The van der Waals surface area contributed by atoms with E-state index in [9.17, 15) is 19.7 Å². The molecular formula is C40H33NO6. The quantitative estimate of drug-likeness (QED) is 0.0815. The Morgan fingerprint density at radius 3 is 1.94 bits per heavy atom. The summed E-state index contributed by atoms with van der Waals surface area (Å²) in [5.41, 5.74) is 6.76. The maximum absolute atomic E-state index is 13.7. The second-order valence-electron chi connectivity index (χ2n) is 13.3. The Morgan fingerprint density at radius 1 is 0.766 bits per heavy atom. The fourth-order valence-corrected chi connectivity index (χ4v) is 7.15. The van der Waals surface area contributed by atoms with Gasteiger partial charge in [0, 0.05) is 29.2 Å². The summed E-state index contributed by atoms with van der Waals surface area (Å²) in [6, 6.07) is 33.8. The molecule has 0 saturated heterocycles. The molecule has 3 aliphatic carbocycles. The van der Waals surface area contributed by atoms with Gasteiger partial charge in [0.1, 0.15) is 11.5 Å². The number of non-ortho nitro benzene ring substituents is 1. The Morgan fingerprint density at radius 2 is 1.34 bits per heavy atom. The molecule has 8 rings (SSSR count). The zero-order chi connectivity index (χ0) is 33.1. The van der Waals surface area contributed by atoms with Crippen LogP contribution in [-0.4, -0.2) is 16.9 Å². The summed E-state index contributed by atoms with van der Waals surface area (Å²) in [6.07, 6.45) is 0.562. The molecule has 0 radical (unpaired) electrons. The molecule has 0 saturated carbocycles. The summed E-state index contributed by atoms with van der Waals surface area (Å²) in [4.78, 5) is 37.8. The van der Waals surface area contributed by atoms with Crippen molar-refractivity contribution in [1.82, 2.24) is 0 Å². The van der Waals surface area contributed by atoms with E-state index in [1.165, 1.54) is 24.3 Å². The third-order valence-electron chi connectivity index (χ3n) is 9.39. The van der Waals surface area contributed by atoms with Crippen molar-refractivity contribution in [2.75, 3.05) is 0 Å². The van der Waals surface area contributed by atoms with E-state index in [1.807, 2.05) is 57.2 Å². The van der Waals surface area contributed by atoms with Gasteiger partial charge < -0.3 is 9.47 Å². The van der Waals surface area contributed by atoms with Crippen molar-refractivity contribution < 1.29 is 24.0 Å². The smallest absolute Gasteiger partial charge is 0.343 e. The molecule has 0 N–H and O–H groups in total. The molecule has 7 heteroatoms. The molecule has 0 aliphatic heterocycles. The standard InChI is InChI=1S/C40H33NO6/c1-24-11-5-6-12-26(24)23-40-30-15-9-7-13-28(30)34(29-14-8-10-16-31(29)40)35-32(47-38(43)39(2,3)4)21-22-33(36(35)40)46-37(42)25-17-19-27(20-18-25)41(44)45/h5-22,34H,23H2,1-4H3. The molecule has 7 nitrogen and oxygen atoms in total. The van der Waals surface area contributed by atoms with E-state index < -0.39 is 21.7 Å². The highest BCUT2D eigenvalue weighted by Gasteiger charge is 2.54. The topological polar surface area (TPSA) is 95.7 Å². The van der Waals surface area contributed by atoms with E-state index in [-0.39, 0.29) is 23.1 Å². The van der Waals surface area contributed by atoms with Crippen molar-refractivity contribution in [1.29, 1.82) is 0 Å². The maximum Gasteiger partial charge on any atom is 0.343 e. The normalized spacial score (nSPS) is 17.2. The largest absolute Gasteiger partial charge is 0.426 e. The Labute approximate surface area is 273 Å². The van der Waals surface area contributed by atoms with Gasteiger partial charge in [-0.1, -0.05) is 72.8 Å². The van der Waals surface area contributed by atoms with Crippen LogP contribution >= 0.6 is 0 Å². The molecule has 234 valence electrons. The summed E-state index contributed by atoms with van der Waals surface area (Å²) >= 11 is 0. The highest BCUT2D eigenvalue weighted by atomic mass is 16.6. The number of aryl methyl sites for hydroxylation is 1. The minimum atomic E-state index is -0.807. The Balaban J connectivity index is 1.51. The third kappa shape index (κ3) is 4.81. The summed E-state index contributed by atoms with van der Waals surface area (Å²) in [7, 11) is 0. The molecule has 3 aliphatic rings. The fraction of sp³-hybridized carbons (Fsp3) is 0.200. The first-order valence-electron chi connectivity index (χ1n) is 15.6. The van der Waals surface area contributed by atoms with Gasteiger partial charge in [0.05, 0.1) is 21.3 Å². The average Bonchev–Trinajstić information content (AvgIpc) is 3.06. The highest BCUT2D eigenvalue weighted by Crippen LogP contribution is 2.64. The molecule has 0 unspecified atom stereocenters. The molecule has 0 heterocycles. The van der Waals surface area contributed by atoms with Crippen LogP contribution in [0, 0.1) is 22.5 Å². The van der Waals surface area contributed by atoms with Crippen LogP contribution in [0.25, 0.3) is 0 Å². The first-order chi connectivity index (χ1) is 22.5. The lowest BCUT2D eigenvalue weighted by Crippen LogP contribution is -2.44. The van der Waals surface area contributed by atoms with Crippen LogP contribution in [-0.2, 0) is 16.6 Å². The van der Waals surface area contributed by atoms with Crippen LogP contribution in [0.1, 0.15) is 81.6 Å². The summed E-state index contributed by atoms with van der Waals surface area (Å²) < 4.78 is 12.5. The van der Waals surface area contributed by atoms with Crippen molar-refractivity contribution in [3.63, 3.8) is 0 Å². The molecular weight excluding hydrogens is 590 g/mol. The first-order valence-corrected chi connectivity index (χ1v) is 15.6. The number of carbonyl (C=O) groups is 2. The second kappa shape index (κ2) is 11.1. The van der Waals surface area contributed by atoms with Crippen molar-refractivity contribution in [2.45, 2.75) is 45.4 Å². The lowest BCUT2D eigenvalue weighted by atomic mass is 9.51. The number of benzene rings is 5. The monoisotopic (exact) mass is 623 g/mol. The number of ether oxygens (including phenoxy) is 2. The van der Waals surface area contributed by atoms with Gasteiger partial charge in [-0.2, -0.15) is 0 Å². The van der Waals surface area contributed by atoms with Crippen LogP contribution in [0.3, 0.4) is 0 Å². The predicted molar refractivity (Wildman–Crippen MR) is 178 cm³/mol. The lowest BCUT2D eigenvalue weighted by molar-refractivity contribution is -0.384. The van der Waals surface area contributed by atoms with E-state index in [1.54, 1.807) is 12.1 Å². The second-order valence-corrected chi connectivity index (χ2v) is 13.3. The van der Waals surface area contributed by atoms with Crippen LogP contribution in [0.2, 0.25) is 0 Å². The number of hydrogen-bond acceptors (Lipinski definition) is 6. The molecule has 0 atom stereocenters. The minimum absolute atomic E-state index is 0.119. The zero-order valence-corrected chi connectivity index (χ0v) is 26.6. The Kier molecular flexibility index (Phi) is 7.08. The van der Waals surface area contributed by atoms with Gasteiger partial charge in [-0.3, -0.25) is 14.9 Å². The summed E-state index contributed by atoms with van der Waals surface area (Å²) in [5, 5.41) is 11.2. The zero-order valence-electron chi connectivity index (χ0n) is 26.6. The van der Waals surface area contributed by atoms with E-state index in [2.05, 4.69) is 43.3 Å². The van der Waals surface area contributed by atoms with Crippen molar-refractivity contribution in [3.8, 4) is 11.5 Å². The van der Waals surface area contributed by atoms with E-state index >= 15 is 0 Å². The minimum Gasteiger partial charge on any atom is -0.426 e. The Hall–Kier alpha value is -5.56. The number of nitro benzene ring substituents is 1. The number of rotatable bonds is 6. The van der Waals surface area contributed by atoms with Crippen LogP contribution in [0.4, 0.5) is 5.69 Å². The van der Waals surface area contributed by atoms with Gasteiger partial charge in [-0.25, -0.2) is 4.79 Å². The lowest BCUT2D eigenvalue weighted by Gasteiger charge is -2.51. The van der Waals surface area contributed by atoms with Crippen LogP contribution < -0.4 is 9.47 Å². The van der Waals surface area contributed by atoms with Crippen LogP contribution in [0.15, 0.2) is 109 Å². The van der Waals surface area contributed by atoms with Gasteiger partial charge in [0.15, 0.2) is 0 Å². The number of esters is 2. The first kappa shape index (κ1) is 30.1. The molecule has 0 aromatic heterocycles. The van der Waals surface area contributed by atoms with E-state index in [0.717, 1.165) is 44.5 Å². The number of nitro groups is 1. The SMILES string of the molecule is Cc1ccccc1CC12c3ccccc3C(c3ccccc31)c1c(OC(=O)C(C)(C)C)ccc(OC(=O)c3ccc([N+](=O)[O-])cc3)c12. The molecule has 2 bridgehead atoms. The van der Waals surface area contributed by atoms with Crippen molar-refractivity contribution in [2.24, 2.45) is 5.41 Å². The predicted octanol–water partition coefficient (Wildman–Crippen LogP) is 8.46. The number of carbonyl (C=O) groups excluding carboxylic acids is 2. The van der Waals surface area contributed by atoms with Gasteiger partial charge >= 0.3 is 11.9 Å². The van der Waals surface area contributed by atoms with Gasteiger partial charge in [0.25, 0.3) is 5.69 Å². The average molecular weight is 624 g/mol. The third-order valence-corrected chi connectivity index (χ3v) is 9.39. The van der Waals surface area contributed by atoms with Crippen LogP contribution in [0.5, 0.6) is 11.5 Å². The van der Waals surface area contributed by atoms with E-state index in [0.29, 0.717) is 17.9 Å². The summed E-state index contributed by atoms with van der Waals surface area (Å²) in [6.45, 7) is 7.55. The van der Waals surface area contributed by atoms with E-state index in [4.69, 9.17) is 9.47 Å². The molecule has 0 amide bonds. The van der Waals surface area contributed by atoms with Crippen molar-refractivity contribution >= 4 is 17.6 Å². The number of nitrogens with zero attached hydrogens (tertiary/aromatic N) is 1.